The molecular weight excluding hydrogens is 314 g/mol. The molecule has 8 heteroatoms. The first-order chi connectivity index (χ1) is 11.3. The van der Waals surface area contributed by atoms with Crippen molar-refractivity contribution in [3.63, 3.8) is 0 Å². The lowest BCUT2D eigenvalue weighted by atomic mass is 10.2. The number of amides is 1. The van der Waals surface area contributed by atoms with Crippen LogP contribution in [0, 0.1) is 0 Å². The predicted molar refractivity (Wildman–Crippen MR) is 86.4 cm³/mol. The first-order valence-corrected chi connectivity index (χ1v) is 8.47. The molecule has 0 spiro atoms. The van der Waals surface area contributed by atoms with Crippen LogP contribution in [0.25, 0.3) is 0 Å². The van der Waals surface area contributed by atoms with Gasteiger partial charge in [-0.25, -0.2) is 4.68 Å². The Morgan fingerprint density at radius 3 is 2.96 bits per heavy atom. The monoisotopic (exact) mass is 333 g/mol. The minimum Gasteiger partial charge on any atom is -0.497 e. The second-order valence-corrected chi connectivity index (χ2v) is 6.53. The molecule has 1 aliphatic rings. The molecule has 7 nitrogen and oxygen atoms in total. The Labute approximate surface area is 138 Å². The Hall–Kier alpha value is -2.09. The van der Waals surface area contributed by atoms with Crippen molar-refractivity contribution in [2.24, 2.45) is 0 Å². The van der Waals surface area contributed by atoms with Gasteiger partial charge < -0.3 is 10.1 Å². The van der Waals surface area contributed by atoms with Crippen molar-refractivity contribution >= 4 is 17.7 Å². The van der Waals surface area contributed by atoms with E-state index in [4.69, 9.17) is 4.74 Å². The average molecular weight is 333 g/mol. The second-order valence-electron chi connectivity index (χ2n) is 5.36. The van der Waals surface area contributed by atoms with Gasteiger partial charge in [0.1, 0.15) is 5.75 Å². The fourth-order valence-electron chi connectivity index (χ4n) is 2.43. The van der Waals surface area contributed by atoms with Crippen molar-refractivity contribution in [3.8, 4) is 5.75 Å². The summed E-state index contributed by atoms with van der Waals surface area (Å²) >= 11 is 1.44. The molecule has 1 aliphatic heterocycles. The molecule has 1 N–H and O–H groups in total. The molecule has 1 aromatic carbocycles. The molecule has 0 saturated carbocycles. The van der Waals surface area contributed by atoms with E-state index < -0.39 is 0 Å². The maximum Gasteiger partial charge on any atom is 0.233 e. The molecule has 1 atom stereocenters. The normalized spacial score (nSPS) is 18.3. The number of carbonyl (C=O) groups is 1. The van der Waals surface area contributed by atoms with Gasteiger partial charge in [-0.2, -0.15) is 0 Å². The minimum atomic E-state index is -0.127. The van der Waals surface area contributed by atoms with Crippen molar-refractivity contribution in [1.29, 1.82) is 0 Å². The summed E-state index contributed by atoms with van der Waals surface area (Å²) in [5.41, 5.74) is 1.07. The number of ether oxygens (including phenoxy) is 1. The molecule has 122 valence electrons. The van der Waals surface area contributed by atoms with E-state index >= 15 is 0 Å². The summed E-state index contributed by atoms with van der Waals surface area (Å²) in [7, 11) is 1.64. The van der Waals surface area contributed by atoms with Crippen molar-refractivity contribution in [2.45, 2.75) is 36.2 Å². The largest absolute Gasteiger partial charge is 0.497 e. The van der Waals surface area contributed by atoms with Crippen LogP contribution in [0.1, 0.15) is 24.8 Å². The highest BCUT2D eigenvalue weighted by atomic mass is 32.2. The molecule has 1 amide bonds. The van der Waals surface area contributed by atoms with Gasteiger partial charge in [-0.15, -0.1) is 5.10 Å². The van der Waals surface area contributed by atoms with Crippen LogP contribution < -0.4 is 10.1 Å². The lowest BCUT2D eigenvalue weighted by molar-refractivity contribution is -0.120. The number of rotatable bonds is 5. The molecule has 0 radical (unpaired) electrons. The maximum absolute atomic E-state index is 12.1. The molecule has 0 aliphatic carbocycles. The van der Waals surface area contributed by atoms with E-state index in [2.05, 4.69) is 20.8 Å². The number of hydrogen-bond donors (Lipinski definition) is 1. The molecular formula is C15H19N5O2S. The molecule has 1 saturated heterocycles. The Morgan fingerprint density at radius 2 is 2.17 bits per heavy atom. The summed E-state index contributed by atoms with van der Waals surface area (Å²) in [6.45, 7) is 1.32. The smallest absolute Gasteiger partial charge is 0.233 e. The summed E-state index contributed by atoms with van der Waals surface area (Å²) in [6.07, 6.45) is 2.92. The van der Waals surface area contributed by atoms with Crippen LogP contribution >= 0.6 is 11.8 Å². The number of hydrogen-bond acceptors (Lipinski definition) is 6. The highest BCUT2D eigenvalue weighted by Crippen LogP contribution is 2.26. The molecule has 1 fully saturated rings. The van der Waals surface area contributed by atoms with E-state index in [0.29, 0.717) is 11.7 Å². The third kappa shape index (κ3) is 4.01. The van der Waals surface area contributed by atoms with Crippen molar-refractivity contribution in [3.05, 3.63) is 29.8 Å². The third-order valence-electron chi connectivity index (χ3n) is 3.72. The summed E-state index contributed by atoms with van der Waals surface area (Å²) in [6, 6.07) is 7.77. The average Bonchev–Trinajstić information content (AvgIpc) is 2.90. The number of benzene rings is 1. The first kappa shape index (κ1) is 15.8. The van der Waals surface area contributed by atoms with Gasteiger partial charge in [0.15, 0.2) is 0 Å². The maximum atomic E-state index is 12.1. The number of carbonyl (C=O) groups excluding carboxylic acids is 1. The van der Waals surface area contributed by atoms with E-state index in [1.54, 1.807) is 11.8 Å². The van der Waals surface area contributed by atoms with E-state index in [-0.39, 0.29) is 11.2 Å². The van der Waals surface area contributed by atoms with Crippen LogP contribution in [-0.4, -0.2) is 45.0 Å². The van der Waals surface area contributed by atoms with Gasteiger partial charge in [0, 0.05) is 6.54 Å². The van der Waals surface area contributed by atoms with Gasteiger partial charge in [-0.05, 0) is 41.0 Å². The van der Waals surface area contributed by atoms with Gasteiger partial charge in [-0.1, -0.05) is 30.3 Å². The van der Waals surface area contributed by atoms with Crippen molar-refractivity contribution in [2.75, 3.05) is 13.7 Å². The van der Waals surface area contributed by atoms with E-state index in [0.717, 1.165) is 37.1 Å². The van der Waals surface area contributed by atoms with Crippen LogP contribution in [0.5, 0.6) is 5.75 Å². The number of tetrazole rings is 1. The zero-order valence-corrected chi connectivity index (χ0v) is 13.8. The zero-order valence-electron chi connectivity index (χ0n) is 12.9. The standard InChI is InChI=1S/C15H19N5O2S/c1-22-12-7-5-11(6-8-12)10-20-15(17-18-19-20)23-13-4-2-3-9-16-14(13)21/h5-8,13H,2-4,9-10H2,1H3,(H,16,21)/t13-/m0/s1. The van der Waals surface area contributed by atoms with Crippen LogP contribution in [0.4, 0.5) is 0 Å². The highest BCUT2D eigenvalue weighted by molar-refractivity contribution is 8.00. The molecule has 3 rings (SSSR count). The fraction of sp³-hybridized carbons (Fsp3) is 0.467. The van der Waals surface area contributed by atoms with Crippen molar-refractivity contribution in [1.82, 2.24) is 25.5 Å². The number of nitrogens with zero attached hydrogens (tertiary/aromatic N) is 4. The van der Waals surface area contributed by atoms with Gasteiger partial charge in [0.25, 0.3) is 0 Å². The SMILES string of the molecule is COc1ccc(Cn2nnnc2S[C@H]2CCCCNC2=O)cc1. The topological polar surface area (TPSA) is 81.9 Å². The lowest BCUT2D eigenvalue weighted by Crippen LogP contribution is -2.30. The number of methoxy groups -OCH3 is 1. The quantitative estimate of drug-likeness (QED) is 0.893. The third-order valence-corrected chi connectivity index (χ3v) is 4.96. The molecule has 2 heterocycles. The van der Waals surface area contributed by atoms with Crippen LogP contribution in [0.3, 0.4) is 0 Å². The Morgan fingerprint density at radius 1 is 1.35 bits per heavy atom. The van der Waals surface area contributed by atoms with Gasteiger partial charge in [-0.3, -0.25) is 4.79 Å². The minimum absolute atomic E-state index is 0.0755. The van der Waals surface area contributed by atoms with Gasteiger partial charge in [0.05, 0.1) is 18.9 Å². The zero-order chi connectivity index (χ0) is 16.1. The molecule has 0 bridgehead atoms. The highest BCUT2D eigenvalue weighted by Gasteiger charge is 2.24. The van der Waals surface area contributed by atoms with Crippen LogP contribution in [0.15, 0.2) is 29.4 Å². The molecule has 1 aromatic heterocycles. The number of nitrogens with one attached hydrogen (secondary N) is 1. The van der Waals surface area contributed by atoms with E-state index in [1.807, 2.05) is 24.3 Å². The second kappa shape index (κ2) is 7.45. The van der Waals surface area contributed by atoms with Gasteiger partial charge in [0.2, 0.25) is 11.1 Å². The van der Waals surface area contributed by atoms with E-state index in [1.165, 1.54) is 11.8 Å². The Kier molecular flexibility index (Phi) is 5.12. The lowest BCUT2D eigenvalue weighted by Gasteiger charge is -2.12. The van der Waals surface area contributed by atoms with Gasteiger partial charge >= 0.3 is 0 Å². The first-order valence-electron chi connectivity index (χ1n) is 7.60. The number of thioether (sulfide) groups is 1. The predicted octanol–water partition coefficient (Wildman–Crippen LogP) is 1.49. The summed E-state index contributed by atoms with van der Waals surface area (Å²) < 4.78 is 6.88. The van der Waals surface area contributed by atoms with Crippen LogP contribution in [0.2, 0.25) is 0 Å². The fourth-order valence-corrected chi connectivity index (χ4v) is 3.47. The Balaban J connectivity index is 1.69. The van der Waals surface area contributed by atoms with Crippen LogP contribution in [-0.2, 0) is 11.3 Å². The number of aromatic nitrogens is 4. The Bertz CT molecular complexity index is 658. The van der Waals surface area contributed by atoms with Crippen molar-refractivity contribution < 1.29 is 9.53 Å². The summed E-state index contributed by atoms with van der Waals surface area (Å²) in [5.74, 6) is 0.890. The summed E-state index contributed by atoms with van der Waals surface area (Å²) in [4.78, 5) is 12.1. The summed E-state index contributed by atoms with van der Waals surface area (Å²) in [5, 5.41) is 15.3. The molecule has 23 heavy (non-hydrogen) atoms. The van der Waals surface area contributed by atoms with E-state index in [9.17, 15) is 4.79 Å². The molecule has 2 aromatic rings. The molecule has 0 unspecified atom stereocenters.